The summed E-state index contributed by atoms with van der Waals surface area (Å²) in [5, 5.41) is 9.27. The highest BCUT2D eigenvalue weighted by Crippen LogP contribution is 2.16. The third kappa shape index (κ3) is 3.30. The number of H-pyrrole nitrogens is 1. The molecule has 2 heterocycles. The molecule has 0 saturated carbocycles. The summed E-state index contributed by atoms with van der Waals surface area (Å²) in [5.74, 6) is -0.569. The molecule has 23 heavy (non-hydrogen) atoms. The average molecular weight is 319 g/mol. The molecule has 3 rings (SSSR count). The van der Waals surface area contributed by atoms with E-state index in [9.17, 15) is 14.7 Å². The molecule has 1 saturated heterocycles. The summed E-state index contributed by atoms with van der Waals surface area (Å²) in [6, 6.07) is 5.08. The number of nitrogens with one attached hydrogen (secondary N) is 1. The molecule has 1 amide bonds. The van der Waals surface area contributed by atoms with Gasteiger partial charge in [0, 0.05) is 37.8 Å². The number of nitrogens with zero attached hydrogens (tertiary/aromatic N) is 2. The Labute approximate surface area is 133 Å². The summed E-state index contributed by atoms with van der Waals surface area (Å²) in [7, 11) is 0. The number of aromatic nitrogens is 1. The van der Waals surface area contributed by atoms with E-state index in [4.69, 9.17) is 4.42 Å². The zero-order valence-electron chi connectivity index (χ0n) is 13.1. The van der Waals surface area contributed by atoms with Crippen molar-refractivity contribution in [3.05, 3.63) is 34.3 Å². The van der Waals surface area contributed by atoms with Crippen LogP contribution >= 0.6 is 0 Å². The van der Waals surface area contributed by atoms with Crippen molar-refractivity contribution in [2.45, 2.75) is 19.4 Å². The van der Waals surface area contributed by atoms with Crippen molar-refractivity contribution in [3.63, 3.8) is 0 Å². The van der Waals surface area contributed by atoms with Gasteiger partial charge in [0.2, 0.25) is 0 Å². The normalized spacial score (nSPS) is 18.1. The lowest BCUT2D eigenvalue weighted by atomic mass is 10.1. The molecular weight excluding hydrogens is 298 g/mol. The molecule has 1 fully saturated rings. The number of oxazole rings is 1. The molecule has 1 unspecified atom stereocenters. The van der Waals surface area contributed by atoms with Crippen LogP contribution in [-0.4, -0.2) is 64.6 Å². The van der Waals surface area contributed by atoms with E-state index in [2.05, 4.69) is 9.88 Å². The standard InChI is InChI=1S/C16H21N3O4/c1-11(10-20)18-5-2-6-19(8-7-18)15(21)12-3-4-14-13(9-12)17-16(22)23-14/h3-4,9,11,20H,2,5-8,10H2,1H3,(H,17,22). The van der Waals surface area contributed by atoms with Gasteiger partial charge in [-0.25, -0.2) is 4.79 Å². The van der Waals surface area contributed by atoms with Crippen LogP contribution in [0, 0.1) is 0 Å². The first kappa shape index (κ1) is 15.8. The average Bonchev–Trinajstić information content (AvgIpc) is 2.77. The van der Waals surface area contributed by atoms with Crippen molar-refractivity contribution < 1.29 is 14.3 Å². The van der Waals surface area contributed by atoms with Crippen LogP contribution in [0.4, 0.5) is 0 Å². The minimum atomic E-state index is -0.520. The van der Waals surface area contributed by atoms with E-state index in [0.29, 0.717) is 29.8 Å². The van der Waals surface area contributed by atoms with Crippen LogP contribution in [0.25, 0.3) is 11.1 Å². The van der Waals surface area contributed by atoms with Gasteiger partial charge in [-0.1, -0.05) is 0 Å². The molecule has 0 radical (unpaired) electrons. The summed E-state index contributed by atoms with van der Waals surface area (Å²) in [4.78, 5) is 30.5. The summed E-state index contributed by atoms with van der Waals surface area (Å²) >= 11 is 0. The monoisotopic (exact) mass is 319 g/mol. The lowest BCUT2D eigenvalue weighted by molar-refractivity contribution is 0.0754. The molecule has 1 aliphatic rings. The highest BCUT2D eigenvalue weighted by Gasteiger charge is 2.22. The van der Waals surface area contributed by atoms with Crippen LogP contribution in [0.3, 0.4) is 0 Å². The Bertz CT molecular complexity index is 751. The lowest BCUT2D eigenvalue weighted by Gasteiger charge is -2.26. The molecule has 1 aromatic carbocycles. The van der Waals surface area contributed by atoms with Gasteiger partial charge in [-0.05, 0) is 31.5 Å². The van der Waals surface area contributed by atoms with Gasteiger partial charge in [-0.2, -0.15) is 0 Å². The number of carbonyl (C=O) groups excluding carboxylic acids is 1. The van der Waals surface area contributed by atoms with E-state index >= 15 is 0 Å². The Balaban J connectivity index is 1.74. The molecule has 2 N–H and O–H groups in total. The first-order valence-corrected chi connectivity index (χ1v) is 7.85. The fourth-order valence-electron chi connectivity index (χ4n) is 2.96. The largest absolute Gasteiger partial charge is 0.417 e. The third-order valence-electron chi connectivity index (χ3n) is 4.37. The molecule has 0 spiro atoms. The second-order valence-electron chi connectivity index (χ2n) is 5.94. The molecule has 2 aromatic rings. The number of aromatic amines is 1. The SMILES string of the molecule is CC(CO)N1CCCN(C(=O)c2ccc3oc(=O)[nH]c3c2)CC1. The zero-order chi connectivity index (χ0) is 16.4. The van der Waals surface area contributed by atoms with E-state index in [1.807, 2.05) is 11.8 Å². The predicted molar refractivity (Wildman–Crippen MR) is 85.5 cm³/mol. The second-order valence-corrected chi connectivity index (χ2v) is 5.94. The number of hydrogen-bond donors (Lipinski definition) is 2. The molecule has 124 valence electrons. The molecule has 7 heteroatoms. The Morgan fingerprint density at radius 2 is 2.17 bits per heavy atom. The number of fused-ring (bicyclic) bond motifs is 1. The fraction of sp³-hybridized carbons (Fsp3) is 0.500. The van der Waals surface area contributed by atoms with Crippen LogP contribution in [0.5, 0.6) is 0 Å². The van der Waals surface area contributed by atoms with E-state index in [0.717, 1.165) is 19.5 Å². The second kappa shape index (κ2) is 6.55. The van der Waals surface area contributed by atoms with Gasteiger partial charge in [0.25, 0.3) is 5.91 Å². The summed E-state index contributed by atoms with van der Waals surface area (Å²) in [6.45, 7) is 5.05. The number of hydrogen-bond acceptors (Lipinski definition) is 5. The van der Waals surface area contributed by atoms with Crippen LogP contribution in [0.2, 0.25) is 0 Å². The van der Waals surface area contributed by atoms with Gasteiger partial charge in [0.05, 0.1) is 12.1 Å². The molecule has 1 aliphatic heterocycles. The van der Waals surface area contributed by atoms with Crippen molar-refractivity contribution >= 4 is 17.0 Å². The number of aliphatic hydroxyl groups is 1. The van der Waals surface area contributed by atoms with Crippen molar-refractivity contribution in [3.8, 4) is 0 Å². The summed E-state index contributed by atoms with van der Waals surface area (Å²) in [6.07, 6.45) is 0.876. The number of benzene rings is 1. The van der Waals surface area contributed by atoms with Crippen molar-refractivity contribution in [2.24, 2.45) is 0 Å². The molecule has 1 aromatic heterocycles. The Hall–Kier alpha value is -2.12. The minimum absolute atomic E-state index is 0.0487. The van der Waals surface area contributed by atoms with Gasteiger partial charge < -0.3 is 14.4 Å². The van der Waals surface area contributed by atoms with Gasteiger partial charge in [-0.15, -0.1) is 0 Å². The van der Waals surface area contributed by atoms with Crippen LogP contribution in [0.1, 0.15) is 23.7 Å². The van der Waals surface area contributed by atoms with E-state index in [-0.39, 0.29) is 18.6 Å². The van der Waals surface area contributed by atoms with Crippen molar-refractivity contribution in [1.29, 1.82) is 0 Å². The molecule has 7 nitrogen and oxygen atoms in total. The smallest absolute Gasteiger partial charge is 0.408 e. The number of aliphatic hydroxyl groups excluding tert-OH is 1. The highest BCUT2D eigenvalue weighted by molar-refractivity contribution is 5.97. The van der Waals surface area contributed by atoms with Crippen LogP contribution in [0.15, 0.2) is 27.4 Å². The summed E-state index contributed by atoms with van der Waals surface area (Å²) < 4.78 is 4.95. The number of amides is 1. The predicted octanol–water partition coefficient (Wildman–Crippen LogP) is 0.650. The zero-order valence-corrected chi connectivity index (χ0v) is 13.1. The molecule has 1 atom stereocenters. The Morgan fingerprint density at radius 3 is 2.96 bits per heavy atom. The van der Waals surface area contributed by atoms with Gasteiger partial charge in [0.1, 0.15) is 0 Å². The van der Waals surface area contributed by atoms with Gasteiger partial charge in [-0.3, -0.25) is 14.7 Å². The first-order valence-electron chi connectivity index (χ1n) is 7.85. The molecular formula is C16H21N3O4. The number of carbonyl (C=O) groups is 1. The summed E-state index contributed by atoms with van der Waals surface area (Å²) in [5.41, 5.74) is 1.52. The van der Waals surface area contributed by atoms with Crippen LogP contribution < -0.4 is 5.76 Å². The fourth-order valence-corrected chi connectivity index (χ4v) is 2.96. The highest BCUT2D eigenvalue weighted by atomic mass is 16.4. The van der Waals surface area contributed by atoms with Crippen molar-refractivity contribution in [2.75, 3.05) is 32.8 Å². The van der Waals surface area contributed by atoms with Crippen molar-refractivity contribution in [1.82, 2.24) is 14.8 Å². The maximum absolute atomic E-state index is 12.7. The lowest BCUT2D eigenvalue weighted by Crippen LogP contribution is -2.39. The van der Waals surface area contributed by atoms with E-state index in [1.165, 1.54) is 0 Å². The van der Waals surface area contributed by atoms with E-state index in [1.54, 1.807) is 18.2 Å². The van der Waals surface area contributed by atoms with Crippen LogP contribution in [-0.2, 0) is 0 Å². The maximum atomic E-state index is 12.7. The maximum Gasteiger partial charge on any atom is 0.417 e. The quantitative estimate of drug-likeness (QED) is 0.867. The first-order chi connectivity index (χ1) is 11.1. The minimum Gasteiger partial charge on any atom is -0.408 e. The molecule has 0 bridgehead atoms. The van der Waals surface area contributed by atoms with Gasteiger partial charge >= 0.3 is 5.76 Å². The Kier molecular flexibility index (Phi) is 4.49. The number of rotatable bonds is 3. The third-order valence-corrected chi connectivity index (χ3v) is 4.37. The topological polar surface area (TPSA) is 89.8 Å². The molecule has 0 aliphatic carbocycles. The Morgan fingerprint density at radius 1 is 1.35 bits per heavy atom. The van der Waals surface area contributed by atoms with Gasteiger partial charge in [0.15, 0.2) is 5.58 Å². The van der Waals surface area contributed by atoms with E-state index < -0.39 is 5.76 Å².